The summed E-state index contributed by atoms with van der Waals surface area (Å²) in [5.74, 6) is 0.639. The Morgan fingerprint density at radius 1 is 0.609 bits per heavy atom. The summed E-state index contributed by atoms with van der Waals surface area (Å²) in [7, 11) is 0. The van der Waals surface area contributed by atoms with Gasteiger partial charge in [0.05, 0.1) is 92.5 Å². The van der Waals surface area contributed by atoms with Crippen LogP contribution in [0.2, 0.25) is 0 Å². The summed E-state index contributed by atoms with van der Waals surface area (Å²) in [4.78, 5) is 0. The molecule has 1 aliphatic heterocycles. The van der Waals surface area contributed by atoms with Crippen LogP contribution >= 0.6 is 0 Å². The van der Waals surface area contributed by atoms with Crippen LogP contribution in [0.25, 0.3) is 0 Å². The van der Waals surface area contributed by atoms with Gasteiger partial charge in [0.1, 0.15) is 30.2 Å². The highest BCUT2D eigenvalue weighted by Crippen LogP contribution is 2.30. The molecule has 1 N–H and O–H groups in total. The Morgan fingerprint density at radius 3 is 1.74 bits per heavy atom. The molecule has 0 bridgehead atoms. The summed E-state index contributed by atoms with van der Waals surface area (Å²) in [5.41, 5.74) is 1.05. The number of para-hydroxylation sites is 1. The fraction of sp³-hybridized carbons (Fsp3) is 0.543. The van der Waals surface area contributed by atoms with Crippen LogP contribution < -0.4 is 4.74 Å². The van der Waals surface area contributed by atoms with Crippen molar-refractivity contribution in [1.29, 1.82) is 0 Å². The largest absolute Gasteiger partial charge is 0.462 e. The molecule has 1 aliphatic rings. The van der Waals surface area contributed by atoms with Crippen LogP contribution in [-0.2, 0) is 49.2 Å². The van der Waals surface area contributed by atoms with Gasteiger partial charge in [-0.25, -0.2) is 0 Å². The molecule has 2 aromatic carbocycles. The first-order chi connectivity index (χ1) is 22.8. The molecular formula is C35H50O11. The second kappa shape index (κ2) is 24.5. The minimum absolute atomic E-state index is 0.00482. The van der Waals surface area contributed by atoms with Gasteiger partial charge in [-0.3, -0.25) is 0 Å². The minimum atomic E-state index is -0.798. The minimum Gasteiger partial charge on any atom is -0.462 e. The summed E-state index contributed by atoms with van der Waals surface area (Å²) in [6.45, 7) is 12.4. The van der Waals surface area contributed by atoms with E-state index in [-0.39, 0.29) is 33.0 Å². The molecule has 46 heavy (non-hydrogen) atoms. The molecule has 3 rings (SSSR count). The van der Waals surface area contributed by atoms with Gasteiger partial charge < -0.3 is 52.5 Å². The van der Waals surface area contributed by atoms with E-state index in [1.165, 1.54) is 0 Å². The van der Waals surface area contributed by atoms with E-state index >= 15 is 0 Å². The van der Waals surface area contributed by atoms with Gasteiger partial charge in [-0.05, 0) is 17.7 Å². The molecule has 1 fully saturated rings. The predicted molar refractivity (Wildman–Crippen MR) is 172 cm³/mol. The van der Waals surface area contributed by atoms with Crippen LogP contribution in [0, 0.1) is 0 Å². The standard InChI is InChI=1S/C35H50O11/c1-3-16-42-33-32(44-26-25-40-24-23-39-22-21-38-20-19-37-18-15-36)31(28-41-27-29-11-7-5-8-12-29)46-35(34(33)43-17-4-2)45-30-13-9-6-10-14-30/h3-14,31-36H,1-2,15-28H2/t31-,32-,33+,34-,35-/m1/s1. The van der Waals surface area contributed by atoms with E-state index in [4.69, 9.17) is 52.5 Å². The first-order valence-corrected chi connectivity index (χ1v) is 15.7. The Labute approximate surface area is 272 Å². The molecule has 1 saturated heterocycles. The van der Waals surface area contributed by atoms with Crippen molar-refractivity contribution in [2.45, 2.75) is 37.3 Å². The molecule has 256 valence electrons. The highest BCUT2D eigenvalue weighted by Gasteiger charge is 2.49. The SMILES string of the molecule is C=CCO[C@@H]1[C@@H](OCC=C)[C@H](Oc2ccccc2)O[C@H](COCc2ccccc2)[C@H]1OCCOCCOCCOCCOCCO. The third-order valence-electron chi connectivity index (χ3n) is 6.68. The van der Waals surface area contributed by atoms with Crippen molar-refractivity contribution in [1.82, 2.24) is 0 Å². The summed E-state index contributed by atoms with van der Waals surface area (Å²) >= 11 is 0. The lowest BCUT2D eigenvalue weighted by Crippen LogP contribution is -2.63. The van der Waals surface area contributed by atoms with Crippen LogP contribution in [0.4, 0.5) is 0 Å². The Bertz CT molecular complexity index is 1030. The van der Waals surface area contributed by atoms with Crippen LogP contribution in [0.15, 0.2) is 86.0 Å². The Morgan fingerprint density at radius 2 is 1.15 bits per heavy atom. The van der Waals surface area contributed by atoms with Gasteiger partial charge in [0.2, 0.25) is 6.29 Å². The fourth-order valence-electron chi connectivity index (χ4n) is 4.60. The van der Waals surface area contributed by atoms with Gasteiger partial charge in [-0.15, -0.1) is 13.2 Å². The van der Waals surface area contributed by atoms with Crippen molar-refractivity contribution in [2.75, 3.05) is 85.9 Å². The third kappa shape index (κ3) is 14.8. The van der Waals surface area contributed by atoms with Crippen molar-refractivity contribution in [3.05, 3.63) is 91.5 Å². The topological polar surface area (TPSA) is 113 Å². The van der Waals surface area contributed by atoms with Crippen molar-refractivity contribution in [3.8, 4) is 5.75 Å². The first-order valence-electron chi connectivity index (χ1n) is 15.7. The lowest BCUT2D eigenvalue weighted by Gasteiger charge is -2.45. The maximum Gasteiger partial charge on any atom is 0.229 e. The average molecular weight is 647 g/mol. The number of aliphatic hydroxyl groups is 1. The number of hydrogen-bond acceptors (Lipinski definition) is 11. The van der Waals surface area contributed by atoms with E-state index in [1.54, 1.807) is 12.2 Å². The number of hydrogen-bond donors (Lipinski definition) is 1. The van der Waals surface area contributed by atoms with E-state index < -0.39 is 30.7 Å². The molecule has 0 amide bonds. The molecule has 5 atom stereocenters. The Hall–Kier alpha value is -2.68. The maximum atomic E-state index is 8.69. The van der Waals surface area contributed by atoms with Gasteiger partial charge >= 0.3 is 0 Å². The summed E-state index contributed by atoms with van der Waals surface area (Å²) < 4.78 is 59.6. The van der Waals surface area contributed by atoms with Gasteiger partial charge in [-0.2, -0.15) is 0 Å². The lowest BCUT2D eigenvalue weighted by molar-refractivity contribution is -0.302. The molecule has 2 aromatic rings. The number of ether oxygens (including phenoxy) is 10. The average Bonchev–Trinajstić information content (AvgIpc) is 3.08. The molecule has 0 radical (unpaired) electrons. The molecule has 1 heterocycles. The molecule has 11 heteroatoms. The number of aliphatic hydroxyl groups excluding tert-OH is 1. The van der Waals surface area contributed by atoms with Gasteiger partial charge in [0.25, 0.3) is 0 Å². The highest BCUT2D eigenvalue weighted by atomic mass is 16.7. The molecule has 0 aliphatic carbocycles. The van der Waals surface area contributed by atoms with Gasteiger partial charge in [0, 0.05) is 0 Å². The van der Waals surface area contributed by atoms with E-state index in [0.29, 0.717) is 65.2 Å². The number of rotatable bonds is 27. The number of benzene rings is 2. The zero-order valence-electron chi connectivity index (χ0n) is 26.7. The molecule has 0 unspecified atom stereocenters. The molecule has 0 aromatic heterocycles. The van der Waals surface area contributed by atoms with E-state index in [9.17, 15) is 0 Å². The zero-order valence-corrected chi connectivity index (χ0v) is 26.7. The molecule has 11 nitrogen and oxygen atoms in total. The Kier molecular flexibility index (Phi) is 20.1. The van der Waals surface area contributed by atoms with Gasteiger partial charge in [-0.1, -0.05) is 60.7 Å². The summed E-state index contributed by atoms with van der Waals surface area (Å²) in [5, 5.41) is 8.69. The molecule has 0 saturated carbocycles. The maximum absolute atomic E-state index is 8.69. The van der Waals surface area contributed by atoms with E-state index in [0.717, 1.165) is 5.56 Å². The Balaban J connectivity index is 1.57. The fourth-order valence-corrected chi connectivity index (χ4v) is 4.60. The normalized spacial score (nSPS) is 21.2. The quantitative estimate of drug-likeness (QED) is 0.114. The van der Waals surface area contributed by atoms with Crippen molar-refractivity contribution >= 4 is 0 Å². The molecule has 0 spiro atoms. The van der Waals surface area contributed by atoms with Crippen molar-refractivity contribution < 1.29 is 52.5 Å². The zero-order chi connectivity index (χ0) is 32.5. The van der Waals surface area contributed by atoms with Crippen LogP contribution in [0.1, 0.15) is 5.56 Å². The van der Waals surface area contributed by atoms with Crippen molar-refractivity contribution in [3.63, 3.8) is 0 Å². The van der Waals surface area contributed by atoms with Crippen LogP contribution in [-0.4, -0.2) is 122 Å². The van der Waals surface area contributed by atoms with E-state index in [2.05, 4.69) is 13.2 Å². The highest BCUT2D eigenvalue weighted by molar-refractivity contribution is 5.21. The van der Waals surface area contributed by atoms with Crippen molar-refractivity contribution in [2.24, 2.45) is 0 Å². The summed E-state index contributed by atoms with van der Waals surface area (Å²) in [6.07, 6.45) is 0.268. The second-order valence-corrected chi connectivity index (χ2v) is 10.2. The summed E-state index contributed by atoms with van der Waals surface area (Å²) in [6, 6.07) is 19.4. The second-order valence-electron chi connectivity index (χ2n) is 10.2. The monoisotopic (exact) mass is 646 g/mol. The van der Waals surface area contributed by atoms with Crippen LogP contribution in [0.5, 0.6) is 5.75 Å². The third-order valence-corrected chi connectivity index (χ3v) is 6.68. The smallest absolute Gasteiger partial charge is 0.229 e. The predicted octanol–water partition coefficient (Wildman–Crippen LogP) is 3.59. The van der Waals surface area contributed by atoms with E-state index in [1.807, 2.05) is 60.7 Å². The van der Waals surface area contributed by atoms with Crippen LogP contribution in [0.3, 0.4) is 0 Å². The first kappa shape index (κ1) is 37.8. The molecular weight excluding hydrogens is 596 g/mol. The van der Waals surface area contributed by atoms with Gasteiger partial charge in [0.15, 0.2) is 0 Å². The lowest BCUT2D eigenvalue weighted by atomic mass is 9.98.